The third-order valence-electron chi connectivity index (χ3n) is 2.56. The van der Waals surface area contributed by atoms with Crippen LogP contribution in [-0.4, -0.2) is 4.98 Å². The summed E-state index contributed by atoms with van der Waals surface area (Å²) in [5, 5.41) is -0.981. The van der Waals surface area contributed by atoms with E-state index in [1.54, 1.807) is 13.0 Å². The van der Waals surface area contributed by atoms with Crippen LogP contribution in [0.2, 0.25) is 0 Å². The monoisotopic (exact) mass is 290 g/mol. The standard InChI is InChI=1S/C12H10F4N2S/c1-6-2-3-8(13)7(4-6)10(17)9-5-18-11(19-9)12(14,15)16/h2-5,10H,17H2,1H3. The van der Waals surface area contributed by atoms with Gasteiger partial charge in [0.2, 0.25) is 0 Å². The molecule has 2 rings (SSSR count). The van der Waals surface area contributed by atoms with Gasteiger partial charge in [-0.1, -0.05) is 17.7 Å². The highest BCUT2D eigenvalue weighted by Crippen LogP contribution is 2.35. The molecule has 0 aliphatic heterocycles. The molecule has 1 unspecified atom stereocenters. The van der Waals surface area contributed by atoms with Crippen molar-refractivity contribution in [2.45, 2.75) is 19.1 Å². The predicted octanol–water partition coefficient (Wildman–Crippen LogP) is 3.66. The van der Waals surface area contributed by atoms with Crippen LogP contribution in [0.15, 0.2) is 24.4 Å². The van der Waals surface area contributed by atoms with Crippen molar-refractivity contribution >= 4 is 11.3 Å². The number of nitrogens with two attached hydrogens (primary N) is 1. The van der Waals surface area contributed by atoms with Crippen LogP contribution in [0.25, 0.3) is 0 Å². The van der Waals surface area contributed by atoms with Gasteiger partial charge in [0.1, 0.15) is 5.82 Å². The van der Waals surface area contributed by atoms with Crippen LogP contribution in [0.3, 0.4) is 0 Å². The second-order valence-corrected chi connectivity index (χ2v) is 5.13. The fourth-order valence-electron chi connectivity index (χ4n) is 1.62. The molecule has 0 aliphatic carbocycles. The van der Waals surface area contributed by atoms with E-state index in [-0.39, 0.29) is 10.4 Å². The van der Waals surface area contributed by atoms with E-state index in [4.69, 9.17) is 5.73 Å². The average Bonchev–Trinajstić information content (AvgIpc) is 2.80. The average molecular weight is 290 g/mol. The molecule has 102 valence electrons. The predicted molar refractivity (Wildman–Crippen MR) is 64.3 cm³/mol. The lowest BCUT2D eigenvalue weighted by Gasteiger charge is -2.11. The summed E-state index contributed by atoms with van der Waals surface area (Å²) in [7, 11) is 0. The molecule has 2 N–H and O–H groups in total. The molecule has 0 saturated carbocycles. The summed E-state index contributed by atoms with van der Waals surface area (Å²) in [6.45, 7) is 1.75. The van der Waals surface area contributed by atoms with E-state index in [0.717, 1.165) is 11.8 Å². The third kappa shape index (κ3) is 2.93. The molecule has 1 aromatic heterocycles. The van der Waals surface area contributed by atoms with Crippen LogP contribution in [0, 0.1) is 12.7 Å². The molecular formula is C12H10F4N2S. The number of thiazole rings is 1. The second-order valence-electron chi connectivity index (χ2n) is 4.07. The molecule has 0 saturated heterocycles. The fraction of sp³-hybridized carbons (Fsp3) is 0.250. The SMILES string of the molecule is Cc1ccc(F)c(C(N)c2cnc(C(F)(F)F)s2)c1. The molecule has 0 bridgehead atoms. The smallest absolute Gasteiger partial charge is 0.319 e. The van der Waals surface area contributed by atoms with Gasteiger partial charge in [0.15, 0.2) is 5.01 Å². The maximum absolute atomic E-state index is 13.6. The highest BCUT2D eigenvalue weighted by molar-refractivity contribution is 7.11. The van der Waals surface area contributed by atoms with E-state index < -0.39 is 23.0 Å². The van der Waals surface area contributed by atoms with Gasteiger partial charge in [-0.3, -0.25) is 0 Å². The molecule has 1 heterocycles. The summed E-state index contributed by atoms with van der Waals surface area (Å²) in [6, 6.07) is 3.39. The Morgan fingerprint density at radius 3 is 2.58 bits per heavy atom. The van der Waals surface area contributed by atoms with Crippen molar-refractivity contribution in [1.29, 1.82) is 0 Å². The summed E-state index contributed by atoms with van der Waals surface area (Å²) in [5.41, 5.74) is 6.75. The Morgan fingerprint density at radius 2 is 2.00 bits per heavy atom. The Bertz CT molecular complexity index is 592. The van der Waals surface area contributed by atoms with Crippen molar-refractivity contribution in [3.8, 4) is 0 Å². The van der Waals surface area contributed by atoms with Crippen LogP contribution in [0.4, 0.5) is 17.6 Å². The minimum atomic E-state index is -4.51. The van der Waals surface area contributed by atoms with Crippen LogP contribution in [0.5, 0.6) is 0 Å². The quantitative estimate of drug-likeness (QED) is 0.857. The van der Waals surface area contributed by atoms with Crippen molar-refractivity contribution in [1.82, 2.24) is 4.98 Å². The van der Waals surface area contributed by atoms with E-state index in [2.05, 4.69) is 4.98 Å². The number of rotatable bonds is 2. The normalized spacial score (nSPS) is 13.6. The Hall–Kier alpha value is -1.47. The first kappa shape index (κ1) is 14.0. The lowest BCUT2D eigenvalue weighted by Crippen LogP contribution is -2.12. The minimum absolute atomic E-state index is 0.164. The number of benzene rings is 1. The molecule has 19 heavy (non-hydrogen) atoms. The third-order valence-corrected chi connectivity index (χ3v) is 3.68. The first-order chi connectivity index (χ1) is 8.79. The first-order valence-corrected chi connectivity index (χ1v) is 6.15. The van der Waals surface area contributed by atoms with E-state index in [0.29, 0.717) is 11.3 Å². The molecule has 0 aliphatic rings. The molecular weight excluding hydrogens is 280 g/mol. The topological polar surface area (TPSA) is 38.9 Å². The molecule has 0 radical (unpaired) electrons. The van der Waals surface area contributed by atoms with Crippen LogP contribution < -0.4 is 5.73 Å². The maximum atomic E-state index is 13.6. The molecule has 0 spiro atoms. The van der Waals surface area contributed by atoms with Gasteiger partial charge in [-0.25, -0.2) is 9.37 Å². The van der Waals surface area contributed by atoms with E-state index in [1.807, 2.05) is 0 Å². The Labute approximate surface area is 110 Å². The highest BCUT2D eigenvalue weighted by atomic mass is 32.1. The Balaban J connectivity index is 2.36. The van der Waals surface area contributed by atoms with Crippen molar-refractivity contribution in [2.24, 2.45) is 5.73 Å². The first-order valence-electron chi connectivity index (χ1n) is 5.33. The van der Waals surface area contributed by atoms with Crippen molar-refractivity contribution in [2.75, 3.05) is 0 Å². The van der Waals surface area contributed by atoms with Gasteiger partial charge >= 0.3 is 6.18 Å². The number of aryl methyl sites for hydroxylation is 1. The Morgan fingerprint density at radius 1 is 1.32 bits per heavy atom. The van der Waals surface area contributed by atoms with Gasteiger partial charge in [0.05, 0.1) is 6.04 Å². The minimum Gasteiger partial charge on any atom is -0.319 e. The summed E-state index contributed by atoms with van der Waals surface area (Å²) in [4.78, 5) is 3.45. The Kier molecular flexibility index (Phi) is 3.60. The summed E-state index contributed by atoms with van der Waals surface area (Å²) in [6.07, 6.45) is -3.46. The maximum Gasteiger partial charge on any atom is 0.443 e. The van der Waals surface area contributed by atoms with Crippen LogP contribution in [0.1, 0.15) is 27.1 Å². The van der Waals surface area contributed by atoms with E-state index >= 15 is 0 Å². The highest BCUT2D eigenvalue weighted by Gasteiger charge is 2.35. The zero-order chi connectivity index (χ0) is 14.2. The summed E-state index contributed by atoms with van der Waals surface area (Å²) >= 11 is 0.430. The van der Waals surface area contributed by atoms with Gasteiger partial charge in [-0.2, -0.15) is 13.2 Å². The van der Waals surface area contributed by atoms with Gasteiger partial charge in [-0.15, -0.1) is 11.3 Å². The van der Waals surface area contributed by atoms with Crippen LogP contribution >= 0.6 is 11.3 Å². The zero-order valence-electron chi connectivity index (χ0n) is 9.83. The van der Waals surface area contributed by atoms with Gasteiger partial charge in [-0.05, 0) is 13.0 Å². The van der Waals surface area contributed by atoms with Crippen molar-refractivity contribution < 1.29 is 17.6 Å². The number of halogens is 4. The van der Waals surface area contributed by atoms with E-state index in [1.165, 1.54) is 12.1 Å². The lowest BCUT2D eigenvalue weighted by molar-refractivity contribution is -0.137. The van der Waals surface area contributed by atoms with Crippen LogP contribution in [-0.2, 0) is 6.18 Å². The summed E-state index contributed by atoms with van der Waals surface area (Å²) in [5.74, 6) is -0.542. The lowest BCUT2D eigenvalue weighted by atomic mass is 10.0. The van der Waals surface area contributed by atoms with E-state index in [9.17, 15) is 17.6 Å². The molecule has 0 fully saturated rings. The molecule has 1 aromatic carbocycles. The van der Waals surface area contributed by atoms with Gasteiger partial charge in [0, 0.05) is 16.6 Å². The fourth-order valence-corrected chi connectivity index (χ4v) is 2.42. The summed E-state index contributed by atoms with van der Waals surface area (Å²) < 4.78 is 51.0. The second kappa shape index (κ2) is 4.90. The van der Waals surface area contributed by atoms with Crippen molar-refractivity contribution in [3.63, 3.8) is 0 Å². The molecule has 2 aromatic rings. The largest absolute Gasteiger partial charge is 0.443 e. The number of aromatic nitrogens is 1. The zero-order valence-corrected chi connectivity index (χ0v) is 10.6. The molecule has 2 nitrogen and oxygen atoms in total. The number of hydrogen-bond donors (Lipinski definition) is 1. The van der Waals surface area contributed by atoms with Gasteiger partial charge in [0.25, 0.3) is 0 Å². The number of alkyl halides is 3. The molecule has 1 atom stereocenters. The molecule has 7 heteroatoms. The number of hydrogen-bond acceptors (Lipinski definition) is 3. The van der Waals surface area contributed by atoms with Gasteiger partial charge < -0.3 is 5.73 Å². The number of nitrogens with zero attached hydrogens (tertiary/aromatic N) is 1. The van der Waals surface area contributed by atoms with Crippen molar-refractivity contribution in [3.05, 3.63) is 51.2 Å². The molecule has 0 amide bonds.